The molecule has 33 heavy (non-hydrogen) atoms. The molecule has 1 saturated heterocycles. The molecule has 1 atom stereocenters. The zero-order valence-electron chi connectivity index (χ0n) is 17.1. The van der Waals surface area contributed by atoms with Crippen molar-refractivity contribution in [2.45, 2.75) is 12.6 Å². The van der Waals surface area contributed by atoms with Gasteiger partial charge in [-0.05, 0) is 0 Å². The van der Waals surface area contributed by atoms with Crippen molar-refractivity contribution >= 4 is 17.2 Å². The zero-order valence-corrected chi connectivity index (χ0v) is 17.9. The molecule has 13 heteroatoms. The molecule has 2 aliphatic heterocycles. The molecule has 2 aliphatic rings. The number of hydrogen-bond donors (Lipinski definition) is 1. The lowest BCUT2D eigenvalue weighted by Crippen LogP contribution is -2.64. The summed E-state index contributed by atoms with van der Waals surface area (Å²) in [7, 11) is 1.56. The van der Waals surface area contributed by atoms with Crippen molar-refractivity contribution in [1.82, 2.24) is 19.8 Å². The smallest absolute Gasteiger partial charge is 0.277 e. The van der Waals surface area contributed by atoms with Crippen LogP contribution in [0.5, 0.6) is 5.75 Å². The Labute approximate surface area is 188 Å². The van der Waals surface area contributed by atoms with Gasteiger partial charge in [0.25, 0.3) is 5.91 Å². The molecule has 4 heterocycles. The monoisotopic (exact) mass is 479 g/mol. The Balaban J connectivity index is 1.56. The molecular formula is C20H16F3N5O4S. The predicted molar refractivity (Wildman–Crippen MR) is 110 cm³/mol. The summed E-state index contributed by atoms with van der Waals surface area (Å²) in [5, 5.41) is 20.5. The number of pyridine rings is 1. The first-order valence-electron chi connectivity index (χ1n) is 9.83. The number of rotatable bonds is 3. The Morgan fingerprint density at radius 1 is 1.21 bits per heavy atom. The summed E-state index contributed by atoms with van der Waals surface area (Å²) in [5.74, 6) is -4.43. The van der Waals surface area contributed by atoms with E-state index in [4.69, 9.17) is 4.74 Å². The van der Waals surface area contributed by atoms with Crippen LogP contribution in [0.3, 0.4) is 0 Å². The summed E-state index contributed by atoms with van der Waals surface area (Å²) in [4.78, 5) is 27.0. The number of morpholine rings is 1. The zero-order chi connectivity index (χ0) is 23.4. The number of hydrogen-bond acceptors (Lipinski definition) is 8. The number of nitrogens with zero attached hydrogens (tertiary/aromatic N) is 5. The fraction of sp³-hybridized carbons (Fsp3) is 0.300. The summed E-state index contributed by atoms with van der Waals surface area (Å²) in [6, 6.07) is 1.14. The van der Waals surface area contributed by atoms with Gasteiger partial charge in [-0.25, -0.2) is 13.2 Å². The molecule has 0 radical (unpaired) electrons. The van der Waals surface area contributed by atoms with E-state index >= 15 is 0 Å². The minimum Gasteiger partial charge on any atom is -0.502 e. The summed E-state index contributed by atoms with van der Waals surface area (Å²) in [6.07, 6.45) is 0.662. The number of halogens is 3. The van der Waals surface area contributed by atoms with Gasteiger partial charge in [0.05, 0.1) is 25.3 Å². The molecule has 0 bridgehead atoms. The second kappa shape index (κ2) is 7.85. The number of amides is 1. The van der Waals surface area contributed by atoms with Gasteiger partial charge in [-0.15, -0.1) is 10.2 Å². The lowest BCUT2D eigenvalue weighted by Gasteiger charge is -2.47. The van der Waals surface area contributed by atoms with Crippen molar-refractivity contribution in [3.63, 3.8) is 0 Å². The molecule has 9 nitrogen and oxygen atoms in total. The van der Waals surface area contributed by atoms with E-state index in [2.05, 4.69) is 10.2 Å². The average Bonchev–Trinajstić information content (AvgIpc) is 3.25. The van der Waals surface area contributed by atoms with E-state index in [-0.39, 0.29) is 39.9 Å². The van der Waals surface area contributed by atoms with Crippen LogP contribution >= 0.6 is 11.3 Å². The van der Waals surface area contributed by atoms with Crippen LogP contribution in [-0.2, 0) is 11.2 Å². The topological polar surface area (TPSA) is 101 Å². The van der Waals surface area contributed by atoms with Crippen LogP contribution in [0.4, 0.5) is 13.2 Å². The van der Waals surface area contributed by atoms with Gasteiger partial charge in [-0.1, -0.05) is 11.3 Å². The van der Waals surface area contributed by atoms with Crippen molar-refractivity contribution in [3.8, 4) is 16.3 Å². The molecule has 1 aromatic carbocycles. The van der Waals surface area contributed by atoms with Crippen LogP contribution in [0, 0.1) is 17.5 Å². The van der Waals surface area contributed by atoms with E-state index in [9.17, 15) is 27.9 Å². The highest BCUT2D eigenvalue weighted by atomic mass is 32.1. The summed E-state index contributed by atoms with van der Waals surface area (Å²) in [6.45, 7) is 1.04. The predicted octanol–water partition coefficient (Wildman–Crippen LogP) is 1.46. The Morgan fingerprint density at radius 3 is 2.67 bits per heavy atom. The van der Waals surface area contributed by atoms with Gasteiger partial charge in [0.1, 0.15) is 28.6 Å². The highest BCUT2D eigenvalue weighted by molar-refractivity contribution is 7.14. The van der Waals surface area contributed by atoms with E-state index in [0.717, 1.165) is 11.3 Å². The summed E-state index contributed by atoms with van der Waals surface area (Å²) >= 11 is 0.894. The third-order valence-electron chi connectivity index (χ3n) is 5.62. The van der Waals surface area contributed by atoms with Crippen LogP contribution in [0.2, 0.25) is 0 Å². The SMILES string of the molecule is CN1C(=O)c2c(O)c(=O)c(-c3nnc(Cc4c(F)cc(F)cc4F)s3)cn2N2CCOC[C@@H]12. The number of carbonyl (C=O) groups is 1. The third kappa shape index (κ3) is 3.43. The van der Waals surface area contributed by atoms with Crippen molar-refractivity contribution in [2.24, 2.45) is 0 Å². The van der Waals surface area contributed by atoms with Crippen molar-refractivity contribution in [2.75, 3.05) is 31.8 Å². The number of benzene rings is 1. The number of carbonyl (C=O) groups excluding carboxylic acids is 1. The van der Waals surface area contributed by atoms with Crippen molar-refractivity contribution in [3.05, 3.63) is 62.3 Å². The van der Waals surface area contributed by atoms with E-state index < -0.39 is 40.7 Å². The molecule has 172 valence electrons. The molecular weight excluding hydrogens is 463 g/mol. The Kier molecular flexibility index (Phi) is 5.09. The summed E-state index contributed by atoms with van der Waals surface area (Å²) < 4.78 is 48.0. The normalized spacial score (nSPS) is 17.8. The van der Waals surface area contributed by atoms with Crippen LogP contribution in [0.1, 0.15) is 21.1 Å². The molecule has 0 spiro atoms. The maximum atomic E-state index is 14.0. The first-order valence-corrected chi connectivity index (χ1v) is 10.6. The molecule has 0 aliphatic carbocycles. The number of ether oxygens (including phenoxy) is 1. The highest BCUT2D eigenvalue weighted by Crippen LogP contribution is 2.30. The van der Waals surface area contributed by atoms with Crippen molar-refractivity contribution in [1.29, 1.82) is 0 Å². The largest absolute Gasteiger partial charge is 0.502 e. The van der Waals surface area contributed by atoms with Crippen LogP contribution < -0.4 is 10.4 Å². The molecule has 0 unspecified atom stereocenters. The second-order valence-corrected chi connectivity index (χ2v) is 8.64. The number of aromatic nitrogens is 3. The second-order valence-electron chi connectivity index (χ2n) is 7.57. The fourth-order valence-corrected chi connectivity index (χ4v) is 4.78. The quantitative estimate of drug-likeness (QED) is 0.607. The van der Waals surface area contributed by atoms with Gasteiger partial charge in [0, 0.05) is 37.4 Å². The molecule has 0 saturated carbocycles. The van der Waals surface area contributed by atoms with Crippen LogP contribution in [0.15, 0.2) is 23.1 Å². The van der Waals surface area contributed by atoms with E-state index in [1.807, 2.05) is 0 Å². The van der Waals surface area contributed by atoms with Crippen LogP contribution in [0.25, 0.3) is 10.6 Å². The fourth-order valence-electron chi connectivity index (χ4n) is 3.92. The first kappa shape index (κ1) is 21.4. The number of fused-ring (bicyclic) bond motifs is 3. The Morgan fingerprint density at radius 2 is 1.94 bits per heavy atom. The van der Waals surface area contributed by atoms with Crippen LogP contribution in [-0.4, -0.2) is 63.8 Å². The average molecular weight is 479 g/mol. The lowest BCUT2D eigenvalue weighted by molar-refractivity contribution is 0.0122. The summed E-state index contributed by atoms with van der Waals surface area (Å²) in [5.41, 5.74) is -1.40. The molecule has 1 N–H and O–H groups in total. The van der Waals surface area contributed by atoms with Gasteiger partial charge < -0.3 is 14.7 Å². The molecule has 2 aromatic heterocycles. The van der Waals surface area contributed by atoms with Gasteiger partial charge in [-0.2, -0.15) is 0 Å². The van der Waals surface area contributed by atoms with E-state index in [1.54, 1.807) is 12.1 Å². The Hall–Kier alpha value is -3.45. The van der Waals surface area contributed by atoms with Gasteiger partial charge in [-0.3, -0.25) is 19.3 Å². The Bertz CT molecular complexity index is 1320. The maximum Gasteiger partial charge on any atom is 0.277 e. The van der Waals surface area contributed by atoms with Gasteiger partial charge >= 0.3 is 0 Å². The third-order valence-corrected chi connectivity index (χ3v) is 6.57. The first-order chi connectivity index (χ1) is 15.8. The number of aromatic hydroxyl groups is 1. The van der Waals surface area contributed by atoms with E-state index in [0.29, 0.717) is 25.3 Å². The molecule has 3 aromatic rings. The van der Waals surface area contributed by atoms with Gasteiger partial charge in [0.2, 0.25) is 5.43 Å². The molecule has 1 amide bonds. The highest BCUT2D eigenvalue weighted by Gasteiger charge is 2.40. The van der Waals surface area contributed by atoms with Gasteiger partial charge in [0.15, 0.2) is 16.5 Å². The van der Waals surface area contributed by atoms with Crippen molar-refractivity contribution < 1.29 is 27.8 Å². The standard InChI is InChI=1S/C20H16F3N5O4S/c1-26-15-8-32-3-2-27(15)28-7-11(17(29)18(30)16(28)20(26)31)19-25-24-14(33-19)6-10-12(22)4-9(21)5-13(10)23/h4-5,7,15,30H,2-3,6,8H2,1H3/t15-/m0/s1. The minimum absolute atomic E-state index is 0.0253. The molecule has 1 fully saturated rings. The maximum absolute atomic E-state index is 14.0. The minimum atomic E-state index is -1.06. The van der Waals surface area contributed by atoms with E-state index in [1.165, 1.54) is 15.8 Å². The molecule has 5 rings (SSSR count). The number of likely N-dealkylation sites (N-methyl/N-ethyl adjacent to an activating group) is 1. The lowest BCUT2D eigenvalue weighted by atomic mass is 10.1.